The molecular weight excluding hydrogens is 181 g/mol. The van der Waals surface area contributed by atoms with E-state index in [-0.39, 0.29) is 5.02 Å². The summed E-state index contributed by atoms with van der Waals surface area (Å²) in [5.74, 6) is -0.405. The molecule has 1 aromatic rings. The van der Waals surface area contributed by atoms with Gasteiger partial charge in [-0.1, -0.05) is 17.7 Å². The van der Waals surface area contributed by atoms with Crippen LogP contribution in [0.1, 0.15) is 5.56 Å². The first-order valence-electron chi connectivity index (χ1n) is 3.44. The van der Waals surface area contributed by atoms with Crippen LogP contribution in [0.25, 0.3) is 0 Å². The fourth-order valence-electron chi connectivity index (χ4n) is 0.805. The van der Waals surface area contributed by atoms with Gasteiger partial charge in [-0.2, -0.15) is 5.48 Å². The average molecular weight is 190 g/mol. The van der Waals surface area contributed by atoms with E-state index in [9.17, 15) is 4.39 Å². The van der Waals surface area contributed by atoms with Gasteiger partial charge in [0.15, 0.2) is 0 Å². The lowest BCUT2D eigenvalue weighted by Crippen LogP contribution is -2.10. The number of benzene rings is 1. The minimum atomic E-state index is -0.405. The summed E-state index contributed by atoms with van der Waals surface area (Å²) >= 11 is 5.55. The molecule has 0 unspecified atom stereocenters. The van der Waals surface area contributed by atoms with Crippen LogP contribution in [0.15, 0.2) is 18.2 Å². The Labute approximate surface area is 75.2 Å². The summed E-state index contributed by atoms with van der Waals surface area (Å²) in [6.07, 6.45) is 0. The lowest BCUT2D eigenvalue weighted by molar-refractivity contribution is 0.0867. The second kappa shape index (κ2) is 4.40. The molecule has 1 aromatic carbocycles. The summed E-state index contributed by atoms with van der Waals surface area (Å²) in [6, 6.07) is 4.53. The third-order valence-corrected chi connectivity index (χ3v) is 1.69. The fourth-order valence-corrected chi connectivity index (χ4v) is 1.01. The molecule has 12 heavy (non-hydrogen) atoms. The Morgan fingerprint density at radius 2 is 2.33 bits per heavy atom. The van der Waals surface area contributed by atoms with Crippen molar-refractivity contribution in [3.63, 3.8) is 0 Å². The van der Waals surface area contributed by atoms with Crippen molar-refractivity contribution in [1.29, 1.82) is 0 Å². The highest BCUT2D eigenvalue weighted by Crippen LogP contribution is 2.15. The van der Waals surface area contributed by atoms with Crippen LogP contribution >= 0.6 is 11.6 Å². The minimum Gasteiger partial charge on any atom is -0.305 e. The van der Waals surface area contributed by atoms with Crippen LogP contribution < -0.4 is 5.48 Å². The van der Waals surface area contributed by atoms with E-state index >= 15 is 0 Å². The van der Waals surface area contributed by atoms with Gasteiger partial charge in [0.1, 0.15) is 5.82 Å². The summed E-state index contributed by atoms with van der Waals surface area (Å²) in [4.78, 5) is 4.63. The van der Waals surface area contributed by atoms with E-state index in [1.165, 1.54) is 13.2 Å². The Morgan fingerprint density at radius 1 is 1.58 bits per heavy atom. The van der Waals surface area contributed by atoms with E-state index < -0.39 is 5.82 Å². The first-order valence-corrected chi connectivity index (χ1v) is 3.81. The van der Waals surface area contributed by atoms with E-state index in [0.29, 0.717) is 6.54 Å². The molecule has 4 heteroatoms. The Balaban J connectivity index is 2.69. The van der Waals surface area contributed by atoms with Crippen molar-refractivity contribution in [3.8, 4) is 0 Å². The van der Waals surface area contributed by atoms with E-state index in [4.69, 9.17) is 11.6 Å². The molecule has 0 spiro atoms. The van der Waals surface area contributed by atoms with Crippen molar-refractivity contribution in [2.75, 3.05) is 7.11 Å². The zero-order valence-electron chi connectivity index (χ0n) is 6.60. The monoisotopic (exact) mass is 189 g/mol. The van der Waals surface area contributed by atoms with Crippen molar-refractivity contribution >= 4 is 11.6 Å². The number of halogens is 2. The lowest BCUT2D eigenvalue weighted by atomic mass is 10.2. The third kappa shape index (κ3) is 2.44. The smallest absolute Gasteiger partial charge is 0.141 e. The average Bonchev–Trinajstić information content (AvgIpc) is 2.07. The zero-order valence-corrected chi connectivity index (χ0v) is 7.36. The maximum atomic E-state index is 12.6. The highest BCUT2D eigenvalue weighted by Gasteiger charge is 1.99. The first kappa shape index (κ1) is 9.45. The van der Waals surface area contributed by atoms with E-state index in [2.05, 4.69) is 10.3 Å². The highest BCUT2D eigenvalue weighted by molar-refractivity contribution is 6.30. The molecule has 1 N–H and O–H groups in total. The number of hydrogen-bond donors (Lipinski definition) is 1. The van der Waals surface area contributed by atoms with Gasteiger partial charge in [-0.25, -0.2) is 4.39 Å². The Kier molecular flexibility index (Phi) is 3.47. The molecule has 1 rings (SSSR count). The molecule has 0 aliphatic carbocycles. The normalized spacial score (nSPS) is 10.2. The fraction of sp³-hybridized carbons (Fsp3) is 0.250. The molecule has 0 amide bonds. The van der Waals surface area contributed by atoms with Crippen molar-refractivity contribution < 1.29 is 9.23 Å². The predicted molar refractivity (Wildman–Crippen MR) is 45.3 cm³/mol. The maximum absolute atomic E-state index is 12.6. The van der Waals surface area contributed by atoms with E-state index in [0.717, 1.165) is 5.56 Å². The second-order valence-electron chi connectivity index (χ2n) is 2.27. The molecule has 2 nitrogen and oxygen atoms in total. The predicted octanol–water partition coefficient (Wildman–Crippen LogP) is 2.13. The number of hydrogen-bond acceptors (Lipinski definition) is 2. The van der Waals surface area contributed by atoms with Crippen LogP contribution in [0.3, 0.4) is 0 Å². The third-order valence-electron chi connectivity index (χ3n) is 1.40. The quantitative estimate of drug-likeness (QED) is 0.736. The van der Waals surface area contributed by atoms with E-state index in [1.54, 1.807) is 12.1 Å². The molecule has 66 valence electrons. The molecule has 0 aromatic heterocycles. The molecule has 0 fully saturated rings. The van der Waals surface area contributed by atoms with Gasteiger partial charge < -0.3 is 4.84 Å². The molecule has 0 aliphatic rings. The van der Waals surface area contributed by atoms with Crippen LogP contribution in [0.4, 0.5) is 4.39 Å². The topological polar surface area (TPSA) is 21.3 Å². The number of rotatable bonds is 3. The van der Waals surface area contributed by atoms with Crippen molar-refractivity contribution in [3.05, 3.63) is 34.6 Å². The molecule has 0 saturated carbocycles. The van der Waals surface area contributed by atoms with Gasteiger partial charge in [0.2, 0.25) is 0 Å². The van der Waals surface area contributed by atoms with Gasteiger partial charge in [-0.15, -0.1) is 0 Å². The van der Waals surface area contributed by atoms with Gasteiger partial charge in [-0.3, -0.25) is 0 Å². The van der Waals surface area contributed by atoms with Gasteiger partial charge in [0.05, 0.1) is 12.1 Å². The standard InChI is InChI=1S/C8H9ClFNO/c1-12-11-5-6-2-3-8(10)7(9)4-6/h2-4,11H,5H2,1H3. The minimum absolute atomic E-state index is 0.130. The summed E-state index contributed by atoms with van der Waals surface area (Å²) in [5.41, 5.74) is 3.51. The van der Waals surface area contributed by atoms with Crippen LogP contribution in [-0.2, 0) is 11.4 Å². The summed E-state index contributed by atoms with van der Waals surface area (Å²) < 4.78 is 12.6. The molecule has 0 bridgehead atoms. The Bertz CT molecular complexity index is 267. The zero-order chi connectivity index (χ0) is 8.97. The van der Waals surface area contributed by atoms with Crippen LogP contribution in [0.2, 0.25) is 5.02 Å². The van der Waals surface area contributed by atoms with Crippen molar-refractivity contribution in [2.24, 2.45) is 0 Å². The SMILES string of the molecule is CONCc1ccc(F)c(Cl)c1. The molecule has 0 radical (unpaired) electrons. The van der Waals surface area contributed by atoms with Gasteiger partial charge in [0, 0.05) is 6.54 Å². The first-order chi connectivity index (χ1) is 5.74. The summed E-state index contributed by atoms with van der Waals surface area (Å²) in [5, 5.41) is 0.130. The molecule has 0 aliphatic heterocycles. The van der Waals surface area contributed by atoms with Crippen LogP contribution in [0.5, 0.6) is 0 Å². The Hall–Kier alpha value is -0.640. The van der Waals surface area contributed by atoms with Gasteiger partial charge >= 0.3 is 0 Å². The molecule has 0 saturated heterocycles. The van der Waals surface area contributed by atoms with Gasteiger partial charge in [0.25, 0.3) is 0 Å². The highest BCUT2D eigenvalue weighted by atomic mass is 35.5. The molecule has 0 heterocycles. The number of nitrogens with one attached hydrogen (secondary N) is 1. The maximum Gasteiger partial charge on any atom is 0.141 e. The van der Waals surface area contributed by atoms with E-state index in [1.807, 2.05) is 0 Å². The number of hydroxylamine groups is 1. The van der Waals surface area contributed by atoms with Gasteiger partial charge in [-0.05, 0) is 17.7 Å². The van der Waals surface area contributed by atoms with Crippen molar-refractivity contribution in [2.45, 2.75) is 6.54 Å². The summed E-state index contributed by atoms with van der Waals surface area (Å²) in [6.45, 7) is 0.510. The largest absolute Gasteiger partial charge is 0.305 e. The Morgan fingerprint density at radius 3 is 2.92 bits per heavy atom. The summed E-state index contributed by atoms with van der Waals surface area (Å²) in [7, 11) is 1.52. The van der Waals surface area contributed by atoms with Crippen LogP contribution in [0, 0.1) is 5.82 Å². The molecule has 0 atom stereocenters. The van der Waals surface area contributed by atoms with Crippen molar-refractivity contribution in [1.82, 2.24) is 5.48 Å². The second-order valence-corrected chi connectivity index (χ2v) is 2.68. The molecular formula is C8H9ClFNO. The van der Waals surface area contributed by atoms with Crippen LogP contribution in [-0.4, -0.2) is 7.11 Å². The lowest BCUT2D eigenvalue weighted by Gasteiger charge is -2.02.